The lowest BCUT2D eigenvalue weighted by Gasteiger charge is -2.35. The standard InChI is InChI=1S/C15H20BrN3O/c16-14-4-3-10(17)8-13(14)15(20)18-11-5-7-19-6-1-2-12(19)9-11/h3-4,8,11-12H,1-2,5-7,9,17H2,(H,18,20). The Bertz CT molecular complexity index is 520. The van der Waals surface area contributed by atoms with E-state index in [4.69, 9.17) is 5.73 Å². The molecule has 2 aliphatic heterocycles. The van der Waals surface area contributed by atoms with Gasteiger partial charge in [0.15, 0.2) is 0 Å². The van der Waals surface area contributed by atoms with Crippen LogP contribution in [0.3, 0.4) is 0 Å². The minimum atomic E-state index is -0.0272. The van der Waals surface area contributed by atoms with Crippen LogP contribution in [0.2, 0.25) is 0 Å². The molecule has 2 unspecified atom stereocenters. The summed E-state index contributed by atoms with van der Waals surface area (Å²) in [6.45, 7) is 2.33. The van der Waals surface area contributed by atoms with Crippen LogP contribution in [0, 0.1) is 0 Å². The maximum absolute atomic E-state index is 12.4. The number of anilines is 1. The zero-order valence-electron chi connectivity index (χ0n) is 11.4. The number of carbonyl (C=O) groups excluding carboxylic acids is 1. The van der Waals surface area contributed by atoms with Gasteiger partial charge in [0.05, 0.1) is 5.56 Å². The van der Waals surface area contributed by atoms with E-state index in [1.807, 2.05) is 6.07 Å². The molecule has 0 spiro atoms. The van der Waals surface area contributed by atoms with Gasteiger partial charge in [0.2, 0.25) is 0 Å². The molecular formula is C15H20BrN3O. The van der Waals surface area contributed by atoms with Crippen molar-refractivity contribution in [1.82, 2.24) is 10.2 Å². The van der Waals surface area contributed by atoms with Crippen molar-refractivity contribution in [2.45, 2.75) is 37.8 Å². The Morgan fingerprint density at radius 1 is 1.35 bits per heavy atom. The number of benzene rings is 1. The molecule has 2 fully saturated rings. The van der Waals surface area contributed by atoms with Gasteiger partial charge in [0.1, 0.15) is 0 Å². The molecule has 1 aromatic carbocycles. The van der Waals surface area contributed by atoms with E-state index in [1.165, 1.54) is 19.4 Å². The number of halogens is 1. The van der Waals surface area contributed by atoms with Crippen molar-refractivity contribution < 1.29 is 4.79 Å². The van der Waals surface area contributed by atoms with Crippen LogP contribution < -0.4 is 11.1 Å². The van der Waals surface area contributed by atoms with E-state index in [2.05, 4.69) is 26.1 Å². The Balaban J connectivity index is 1.65. The first-order valence-corrected chi connectivity index (χ1v) is 8.03. The molecule has 2 aliphatic rings. The molecule has 1 amide bonds. The van der Waals surface area contributed by atoms with Crippen LogP contribution in [0.15, 0.2) is 22.7 Å². The number of nitrogens with one attached hydrogen (secondary N) is 1. The number of hydrogen-bond acceptors (Lipinski definition) is 3. The normalized spacial score (nSPS) is 26.2. The zero-order valence-corrected chi connectivity index (χ0v) is 13.0. The molecule has 0 radical (unpaired) electrons. The van der Waals surface area contributed by atoms with E-state index in [9.17, 15) is 4.79 Å². The van der Waals surface area contributed by atoms with Gasteiger partial charge in [-0.2, -0.15) is 0 Å². The summed E-state index contributed by atoms with van der Waals surface area (Å²) < 4.78 is 0.794. The third kappa shape index (κ3) is 2.83. The Morgan fingerprint density at radius 3 is 3.05 bits per heavy atom. The molecule has 3 N–H and O–H groups in total. The zero-order chi connectivity index (χ0) is 14.1. The van der Waals surface area contributed by atoms with E-state index in [1.54, 1.807) is 12.1 Å². The lowest BCUT2D eigenvalue weighted by Crippen LogP contribution is -2.47. The van der Waals surface area contributed by atoms with E-state index in [-0.39, 0.29) is 11.9 Å². The largest absolute Gasteiger partial charge is 0.399 e. The number of nitrogens with two attached hydrogens (primary N) is 1. The van der Waals surface area contributed by atoms with Gasteiger partial charge in [-0.05, 0) is 66.4 Å². The Labute approximate surface area is 127 Å². The molecule has 2 atom stereocenters. The maximum atomic E-state index is 12.4. The summed E-state index contributed by atoms with van der Waals surface area (Å²) in [7, 11) is 0. The van der Waals surface area contributed by atoms with Gasteiger partial charge in [0.25, 0.3) is 5.91 Å². The first-order chi connectivity index (χ1) is 9.63. The van der Waals surface area contributed by atoms with E-state index in [0.717, 1.165) is 23.9 Å². The van der Waals surface area contributed by atoms with Gasteiger partial charge in [-0.15, -0.1) is 0 Å². The van der Waals surface area contributed by atoms with Crippen molar-refractivity contribution in [2.24, 2.45) is 0 Å². The average Bonchev–Trinajstić information content (AvgIpc) is 2.89. The Hall–Kier alpha value is -1.07. The van der Waals surface area contributed by atoms with Crippen molar-refractivity contribution in [3.05, 3.63) is 28.2 Å². The number of nitrogens with zero attached hydrogens (tertiary/aromatic N) is 1. The molecule has 3 rings (SSSR count). The third-order valence-electron chi connectivity index (χ3n) is 4.39. The predicted molar refractivity (Wildman–Crippen MR) is 83.6 cm³/mol. The predicted octanol–water partition coefficient (Wildman–Crippen LogP) is 2.39. The van der Waals surface area contributed by atoms with Crippen LogP contribution in [-0.2, 0) is 0 Å². The fourth-order valence-corrected chi connectivity index (χ4v) is 3.76. The van der Waals surface area contributed by atoms with Crippen molar-refractivity contribution in [3.8, 4) is 0 Å². The van der Waals surface area contributed by atoms with Crippen LogP contribution in [-0.4, -0.2) is 36.0 Å². The number of carbonyl (C=O) groups is 1. The molecule has 0 saturated carbocycles. The van der Waals surface area contributed by atoms with Crippen LogP contribution in [0.5, 0.6) is 0 Å². The van der Waals surface area contributed by atoms with Gasteiger partial charge in [-0.1, -0.05) is 0 Å². The van der Waals surface area contributed by atoms with Crippen molar-refractivity contribution in [3.63, 3.8) is 0 Å². The molecule has 0 bridgehead atoms. The van der Waals surface area contributed by atoms with Gasteiger partial charge in [0, 0.05) is 28.8 Å². The molecule has 20 heavy (non-hydrogen) atoms. The topological polar surface area (TPSA) is 58.4 Å². The number of fused-ring (bicyclic) bond motifs is 1. The first-order valence-electron chi connectivity index (χ1n) is 7.23. The summed E-state index contributed by atoms with van der Waals surface area (Å²) in [5.41, 5.74) is 7.00. The first kappa shape index (κ1) is 13.9. The number of nitrogen functional groups attached to an aromatic ring is 1. The Kier molecular flexibility index (Phi) is 3.98. The molecule has 2 saturated heterocycles. The number of rotatable bonds is 2. The van der Waals surface area contributed by atoms with Crippen molar-refractivity contribution >= 4 is 27.5 Å². The number of piperidine rings is 1. The summed E-state index contributed by atoms with van der Waals surface area (Å²) in [5.74, 6) is -0.0272. The third-order valence-corrected chi connectivity index (χ3v) is 5.08. The number of amides is 1. The van der Waals surface area contributed by atoms with Crippen LogP contribution in [0.1, 0.15) is 36.0 Å². The minimum Gasteiger partial charge on any atom is -0.399 e. The summed E-state index contributed by atoms with van der Waals surface area (Å²) in [6, 6.07) is 6.29. The van der Waals surface area contributed by atoms with Crippen molar-refractivity contribution in [2.75, 3.05) is 18.8 Å². The monoisotopic (exact) mass is 337 g/mol. The quantitative estimate of drug-likeness (QED) is 0.814. The van der Waals surface area contributed by atoms with Gasteiger partial charge < -0.3 is 16.0 Å². The summed E-state index contributed by atoms with van der Waals surface area (Å²) in [5, 5.41) is 3.16. The second-order valence-electron chi connectivity index (χ2n) is 5.77. The lowest BCUT2D eigenvalue weighted by molar-refractivity contribution is 0.0895. The highest BCUT2D eigenvalue weighted by atomic mass is 79.9. The Morgan fingerprint density at radius 2 is 2.20 bits per heavy atom. The van der Waals surface area contributed by atoms with Crippen LogP contribution >= 0.6 is 15.9 Å². The minimum absolute atomic E-state index is 0.0272. The molecule has 0 aliphatic carbocycles. The SMILES string of the molecule is Nc1ccc(Br)c(C(=O)NC2CCN3CCCC3C2)c1. The van der Waals surface area contributed by atoms with E-state index in [0.29, 0.717) is 17.3 Å². The summed E-state index contributed by atoms with van der Waals surface area (Å²) in [6.07, 6.45) is 4.69. The van der Waals surface area contributed by atoms with Crippen LogP contribution in [0.25, 0.3) is 0 Å². The second kappa shape index (κ2) is 5.74. The maximum Gasteiger partial charge on any atom is 0.252 e. The van der Waals surface area contributed by atoms with Gasteiger partial charge >= 0.3 is 0 Å². The molecule has 108 valence electrons. The fourth-order valence-electron chi connectivity index (χ4n) is 3.34. The molecule has 2 heterocycles. The molecule has 4 nitrogen and oxygen atoms in total. The van der Waals surface area contributed by atoms with E-state index < -0.39 is 0 Å². The van der Waals surface area contributed by atoms with Gasteiger partial charge in [-0.3, -0.25) is 4.79 Å². The number of hydrogen-bond donors (Lipinski definition) is 2. The molecule has 0 aromatic heterocycles. The van der Waals surface area contributed by atoms with Crippen LogP contribution in [0.4, 0.5) is 5.69 Å². The average molecular weight is 338 g/mol. The smallest absolute Gasteiger partial charge is 0.252 e. The molecule has 1 aromatic rings. The van der Waals surface area contributed by atoms with Crippen molar-refractivity contribution in [1.29, 1.82) is 0 Å². The molecular weight excluding hydrogens is 318 g/mol. The lowest BCUT2D eigenvalue weighted by atomic mass is 9.97. The van der Waals surface area contributed by atoms with Gasteiger partial charge in [-0.25, -0.2) is 0 Å². The highest BCUT2D eigenvalue weighted by molar-refractivity contribution is 9.10. The molecule has 5 heteroatoms. The summed E-state index contributed by atoms with van der Waals surface area (Å²) >= 11 is 3.42. The highest BCUT2D eigenvalue weighted by Crippen LogP contribution is 2.27. The summed E-state index contributed by atoms with van der Waals surface area (Å²) in [4.78, 5) is 14.9. The second-order valence-corrected chi connectivity index (χ2v) is 6.62. The van der Waals surface area contributed by atoms with E-state index >= 15 is 0 Å². The highest BCUT2D eigenvalue weighted by Gasteiger charge is 2.32. The fraction of sp³-hybridized carbons (Fsp3) is 0.533.